The van der Waals surface area contributed by atoms with Gasteiger partial charge in [-0.3, -0.25) is 9.78 Å². The summed E-state index contributed by atoms with van der Waals surface area (Å²) in [7, 11) is 1.64. The van der Waals surface area contributed by atoms with Crippen molar-refractivity contribution in [2.24, 2.45) is 0 Å². The summed E-state index contributed by atoms with van der Waals surface area (Å²) in [6.45, 7) is 5.70. The van der Waals surface area contributed by atoms with Crippen LogP contribution in [0.25, 0.3) is 0 Å². The largest absolute Gasteiger partial charge is 0.377 e. The van der Waals surface area contributed by atoms with Crippen LogP contribution in [0.3, 0.4) is 0 Å². The van der Waals surface area contributed by atoms with Gasteiger partial charge < -0.3 is 14.2 Å². The van der Waals surface area contributed by atoms with Crippen molar-refractivity contribution in [3.8, 4) is 0 Å². The molecule has 1 aliphatic rings. The predicted octanol–water partition coefficient (Wildman–Crippen LogP) is 1.21. The van der Waals surface area contributed by atoms with Crippen LogP contribution in [-0.4, -0.2) is 50.3 Å². The fourth-order valence-electron chi connectivity index (χ4n) is 2.86. The van der Waals surface area contributed by atoms with Crippen molar-refractivity contribution in [3.05, 3.63) is 41.2 Å². The lowest BCUT2D eigenvalue weighted by molar-refractivity contribution is 0.0689. The fraction of sp³-hybridized carbons (Fsp3) is 0.500. The highest BCUT2D eigenvalue weighted by Gasteiger charge is 2.28. The molecule has 0 N–H and O–H groups in total. The van der Waals surface area contributed by atoms with Gasteiger partial charge in [0, 0.05) is 38.9 Å². The van der Waals surface area contributed by atoms with Gasteiger partial charge in [0.15, 0.2) is 5.82 Å². The second-order valence-electron chi connectivity index (χ2n) is 5.89. The van der Waals surface area contributed by atoms with Crippen LogP contribution in [-0.2, 0) is 24.3 Å². The number of pyridine rings is 1. The molecule has 0 bridgehead atoms. The first kappa shape index (κ1) is 15.6. The van der Waals surface area contributed by atoms with E-state index in [1.54, 1.807) is 19.4 Å². The van der Waals surface area contributed by atoms with Crippen LogP contribution in [0.15, 0.2) is 18.3 Å². The van der Waals surface area contributed by atoms with Crippen LogP contribution < -0.4 is 0 Å². The van der Waals surface area contributed by atoms with Gasteiger partial charge in [0.1, 0.15) is 18.1 Å². The van der Waals surface area contributed by atoms with E-state index in [1.165, 1.54) is 0 Å². The smallest absolute Gasteiger partial charge is 0.272 e. The highest BCUT2D eigenvalue weighted by molar-refractivity contribution is 5.92. The van der Waals surface area contributed by atoms with Gasteiger partial charge in [-0.25, -0.2) is 0 Å². The molecule has 3 rings (SSSR count). The van der Waals surface area contributed by atoms with Crippen LogP contribution >= 0.6 is 0 Å². The average molecular weight is 315 g/mol. The lowest BCUT2D eigenvalue weighted by Crippen LogP contribution is -2.40. The third-order valence-electron chi connectivity index (χ3n) is 4.14. The first-order chi connectivity index (χ1) is 11.1. The summed E-state index contributed by atoms with van der Waals surface area (Å²) in [5.74, 6) is 1.67. The zero-order valence-electron chi connectivity index (χ0n) is 13.7. The summed E-state index contributed by atoms with van der Waals surface area (Å²) in [4.78, 5) is 18.9. The predicted molar refractivity (Wildman–Crippen MR) is 83.9 cm³/mol. The maximum Gasteiger partial charge on any atom is 0.272 e. The van der Waals surface area contributed by atoms with Crippen molar-refractivity contribution in [2.45, 2.75) is 39.5 Å². The number of aromatic nitrogens is 4. The fourth-order valence-corrected chi connectivity index (χ4v) is 2.86. The van der Waals surface area contributed by atoms with E-state index in [0.717, 1.165) is 17.2 Å². The molecule has 1 aliphatic heterocycles. The molecular weight excluding hydrogens is 294 g/mol. The number of fused-ring (bicyclic) bond motifs is 1. The Morgan fingerprint density at radius 3 is 2.87 bits per heavy atom. The van der Waals surface area contributed by atoms with Gasteiger partial charge in [-0.05, 0) is 25.5 Å². The van der Waals surface area contributed by atoms with Crippen molar-refractivity contribution < 1.29 is 9.53 Å². The third kappa shape index (κ3) is 3.10. The van der Waals surface area contributed by atoms with E-state index in [1.807, 2.05) is 24.8 Å². The molecule has 2 aromatic rings. The maximum atomic E-state index is 12.8. The number of nitrogens with zero attached hydrogens (tertiary/aromatic N) is 5. The first-order valence-electron chi connectivity index (χ1n) is 7.73. The molecule has 0 saturated carbocycles. The maximum absolute atomic E-state index is 12.8. The van der Waals surface area contributed by atoms with Crippen LogP contribution in [0, 0.1) is 6.92 Å². The first-order valence-corrected chi connectivity index (χ1v) is 7.73. The van der Waals surface area contributed by atoms with E-state index in [2.05, 4.69) is 19.7 Å². The van der Waals surface area contributed by atoms with Gasteiger partial charge in [-0.15, -0.1) is 10.2 Å². The zero-order valence-corrected chi connectivity index (χ0v) is 13.7. The van der Waals surface area contributed by atoms with Crippen molar-refractivity contribution >= 4 is 5.91 Å². The van der Waals surface area contributed by atoms with Crippen molar-refractivity contribution in [1.82, 2.24) is 24.6 Å². The van der Waals surface area contributed by atoms with Crippen LogP contribution in [0.1, 0.15) is 34.6 Å². The normalized spacial score (nSPS) is 17.7. The summed E-state index contributed by atoms with van der Waals surface area (Å²) in [6.07, 6.45) is 2.40. The minimum Gasteiger partial charge on any atom is -0.377 e. The quantitative estimate of drug-likeness (QED) is 0.851. The van der Waals surface area contributed by atoms with Crippen molar-refractivity contribution in [3.63, 3.8) is 0 Å². The van der Waals surface area contributed by atoms with Gasteiger partial charge in [-0.2, -0.15) is 0 Å². The second kappa shape index (κ2) is 6.45. The Hall–Kier alpha value is -2.28. The zero-order chi connectivity index (χ0) is 16.4. The number of methoxy groups -OCH3 is 1. The molecule has 1 amide bonds. The Morgan fingerprint density at radius 1 is 1.35 bits per heavy atom. The minimum atomic E-state index is -0.0375. The number of ether oxygens (including phenoxy) is 1. The van der Waals surface area contributed by atoms with Gasteiger partial charge in [0.05, 0.1) is 0 Å². The standard InChI is InChI=1S/C16H21N5O2/c1-11-4-5-13(17-9-11)16(22)20-6-7-21-14(8-12(20)2)18-19-15(21)10-23-3/h4-5,9,12H,6-8,10H2,1-3H3/t12-/m1/s1. The van der Waals surface area contributed by atoms with E-state index in [9.17, 15) is 4.79 Å². The van der Waals surface area contributed by atoms with E-state index < -0.39 is 0 Å². The summed E-state index contributed by atoms with van der Waals surface area (Å²) in [5.41, 5.74) is 1.53. The molecule has 23 heavy (non-hydrogen) atoms. The molecule has 3 heterocycles. The van der Waals surface area contributed by atoms with Gasteiger partial charge in [0.25, 0.3) is 5.91 Å². The highest BCUT2D eigenvalue weighted by atomic mass is 16.5. The molecule has 7 nitrogen and oxygen atoms in total. The summed E-state index contributed by atoms with van der Waals surface area (Å²) < 4.78 is 7.21. The number of amides is 1. The molecule has 7 heteroatoms. The third-order valence-corrected chi connectivity index (χ3v) is 4.14. The Kier molecular flexibility index (Phi) is 4.38. The molecule has 0 unspecified atom stereocenters. The average Bonchev–Trinajstić information content (AvgIpc) is 2.82. The SMILES string of the molecule is COCc1nnc2n1CCN(C(=O)c1ccc(C)cn1)[C@H](C)C2. The van der Waals surface area contributed by atoms with Gasteiger partial charge >= 0.3 is 0 Å². The lowest BCUT2D eigenvalue weighted by Gasteiger charge is -2.26. The Labute approximate surface area is 135 Å². The number of carbonyl (C=O) groups excluding carboxylic acids is 1. The molecule has 0 fully saturated rings. The molecule has 0 aliphatic carbocycles. The molecule has 0 aromatic carbocycles. The molecule has 0 saturated heterocycles. The molecule has 0 radical (unpaired) electrons. The van der Waals surface area contributed by atoms with Gasteiger partial charge in [0.2, 0.25) is 0 Å². The van der Waals surface area contributed by atoms with Crippen LogP contribution in [0.4, 0.5) is 0 Å². The second-order valence-corrected chi connectivity index (χ2v) is 5.89. The monoisotopic (exact) mass is 315 g/mol. The molecule has 0 spiro atoms. The van der Waals surface area contributed by atoms with Crippen molar-refractivity contribution in [2.75, 3.05) is 13.7 Å². The molecule has 2 aromatic heterocycles. The Morgan fingerprint density at radius 2 is 2.17 bits per heavy atom. The molecular formula is C16H21N5O2. The van der Waals surface area contributed by atoms with E-state index in [0.29, 0.717) is 31.8 Å². The molecule has 1 atom stereocenters. The number of carbonyl (C=O) groups is 1. The van der Waals surface area contributed by atoms with Crippen molar-refractivity contribution in [1.29, 1.82) is 0 Å². The summed E-state index contributed by atoms with van der Waals surface area (Å²) in [5, 5.41) is 8.42. The number of hydrogen-bond donors (Lipinski definition) is 0. The van der Waals surface area contributed by atoms with Gasteiger partial charge in [-0.1, -0.05) is 6.07 Å². The topological polar surface area (TPSA) is 73.1 Å². The Balaban J connectivity index is 1.81. The Bertz CT molecular complexity index is 695. The lowest BCUT2D eigenvalue weighted by atomic mass is 10.2. The summed E-state index contributed by atoms with van der Waals surface area (Å²) in [6, 6.07) is 3.74. The number of hydrogen-bond acceptors (Lipinski definition) is 5. The number of aryl methyl sites for hydroxylation is 1. The summed E-state index contributed by atoms with van der Waals surface area (Å²) >= 11 is 0. The van der Waals surface area contributed by atoms with E-state index in [-0.39, 0.29) is 11.9 Å². The molecule has 122 valence electrons. The van der Waals surface area contributed by atoms with Crippen LogP contribution in [0.2, 0.25) is 0 Å². The highest BCUT2D eigenvalue weighted by Crippen LogP contribution is 2.17. The minimum absolute atomic E-state index is 0.0375. The van der Waals surface area contributed by atoms with E-state index in [4.69, 9.17) is 4.74 Å². The number of rotatable bonds is 3. The van der Waals surface area contributed by atoms with Crippen LogP contribution in [0.5, 0.6) is 0 Å². The van der Waals surface area contributed by atoms with E-state index >= 15 is 0 Å².